The molecule has 2 aromatic heterocycles. The zero-order chi connectivity index (χ0) is 20.4. The number of hydrazine groups is 1. The van der Waals surface area contributed by atoms with Gasteiger partial charge in [0.15, 0.2) is 5.76 Å². The number of pyridine rings is 1. The van der Waals surface area contributed by atoms with Gasteiger partial charge >= 0.3 is 0 Å². The van der Waals surface area contributed by atoms with Crippen LogP contribution in [0.4, 0.5) is 0 Å². The van der Waals surface area contributed by atoms with E-state index >= 15 is 0 Å². The molecule has 0 saturated carbocycles. The van der Waals surface area contributed by atoms with Gasteiger partial charge < -0.3 is 4.42 Å². The molecule has 29 heavy (non-hydrogen) atoms. The number of furan rings is 1. The minimum absolute atomic E-state index is 0.337. The summed E-state index contributed by atoms with van der Waals surface area (Å²) in [6.07, 6.45) is 0. The maximum Gasteiger partial charge on any atom is 0.270 e. The summed E-state index contributed by atoms with van der Waals surface area (Å²) in [5.41, 5.74) is 6.74. The van der Waals surface area contributed by atoms with Crippen molar-refractivity contribution in [1.29, 1.82) is 0 Å². The molecule has 0 aliphatic carbocycles. The highest BCUT2D eigenvalue weighted by atomic mass is 35.5. The fraction of sp³-hybridized carbons (Fsp3) is 0.0455. The molecule has 2 heterocycles. The standard InChI is InChI=1S/C22H16ClN3O3/c1-13-9-10-20(29-13)19-12-17(16-7-2-3-8-18(16)24-19)22(28)26-25-21(27)14-5-4-6-15(23)11-14/h2-12H,1H3,(H,25,27)(H,26,28). The number of nitrogens with zero attached hydrogens (tertiary/aromatic N) is 1. The van der Waals surface area contributed by atoms with Gasteiger partial charge in [-0.2, -0.15) is 0 Å². The Morgan fingerprint density at radius 2 is 1.72 bits per heavy atom. The highest BCUT2D eigenvalue weighted by Gasteiger charge is 2.16. The number of rotatable bonds is 3. The Labute approximate surface area is 171 Å². The van der Waals surface area contributed by atoms with Gasteiger partial charge in [-0.1, -0.05) is 35.9 Å². The van der Waals surface area contributed by atoms with Crippen LogP contribution in [0.15, 0.2) is 71.1 Å². The van der Waals surface area contributed by atoms with E-state index in [0.717, 1.165) is 5.76 Å². The maximum atomic E-state index is 12.8. The average Bonchev–Trinajstić information content (AvgIpc) is 3.17. The van der Waals surface area contributed by atoms with Crippen LogP contribution in [0.1, 0.15) is 26.5 Å². The van der Waals surface area contributed by atoms with Gasteiger partial charge in [-0.25, -0.2) is 4.98 Å². The first-order chi connectivity index (χ1) is 14.0. The molecular weight excluding hydrogens is 390 g/mol. The van der Waals surface area contributed by atoms with Crippen LogP contribution in [0.3, 0.4) is 0 Å². The quantitative estimate of drug-likeness (QED) is 0.490. The van der Waals surface area contributed by atoms with Crippen molar-refractivity contribution in [3.05, 3.63) is 88.6 Å². The van der Waals surface area contributed by atoms with Gasteiger partial charge in [0.05, 0.1) is 11.1 Å². The lowest BCUT2D eigenvalue weighted by Gasteiger charge is -2.11. The first-order valence-electron chi connectivity index (χ1n) is 8.84. The summed E-state index contributed by atoms with van der Waals surface area (Å²) in [7, 11) is 0. The molecule has 144 valence electrons. The van der Waals surface area contributed by atoms with Crippen LogP contribution in [-0.4, -0.2) is 16.8 Å². The molecule has 0 aliphatic rings. The number of hydrogen-bond donors (Lipinski definition) is 2. The van der Waals surface area contributed by atoms with E-state index in [2.05, 4.69) is 15.8 Å². The van der Waals surface area contributed by atoms with Gasteiger partial charge in [0.25, 0.3) is 11.8 Å². The number of amides is 2. The number of halogens is 1. The van der Waals surface area contributed by atoms with E-state index in [1.807, 2.05) is 31.2 Å². The van der Waals surface area contributed by atoms with Crippen LogP contribution >= 0.6 is 11.6 Å². The second kappa shape index (κ2) is 7.77. The van der Waals surface area contributed by atoms with Crippen LogP contribution < -0.4 is 10.9 Å². The zero-order valence-electron chi connectivity index (χ0n) is 15.4. The summed E-state index contributed by atoms with van der Waals surface area (Å²) in [5.74, 6) is 0.365. The van der Waals surface area contributed by atoms with Crippen molar-refractivity contribution in [1.82, 2.24) is 15.8 Å². The van der Waals surface area contributed by atoms with E-state index in [4.69, 9.17) is 16.0 Å². The lowest BCUT2D eigenvalue weighted by molar-refractivity contribution is 0.0847. The summed E-state index contributed by atoms with van der Waals surface area (Å²) in [6, 6.07) is 19.0. The second-order valence-corrected chi connectivity index (χ2v) is 6.84. The van der Waals surface area contributed by atoms with E-state index in [1.54, 1.807) is 36.4 Å². The maximum absolute atomic E-state index is 12.8. The molecule has 4 rings (SSSR count). The molecule has 4 aromatic rings. The third-order valence-corrected chi connectivity index (χ3v) is 4.57. The third-order valence-electron chi connectivity index (χ3n) is 4.33. The largest absolute Gasteiger partial charge is 0.460 e. The topological polar surface area (TPSA) is 84.2 Å². The first-order valence-corrected chi connectivity index (χ1v) is 9.22. The number of para-hydroxylation sites is 1. The molecule has 2 amide bonds. The van der Waals surface area contributed by atoms with Crippen molar-refractivity contribution in [2.24, 2.45) is 0 Å². The molecule has 0 bridgehead atoms. The Morgan fingerprint density at radius 1 is 0.931 bits per heavy atom. The molecule has 2 aromatic carbocycles. The highest BCUT2D eigenvalue weighted by molar-refractivity contribution is 6.31. The second-order valence-electron chi connectivity index (χ2n) is 6.40. The molecular formula is C22H16ClN3O3. The molecule has 2 N–H and O–H groups in total. The predicted molar refractivity (Wildman–Crippen MR) is 111 cm³/mol. The fourth-order valence-electron chi connectivity index (χ4n) is 2.94. The van der Waals surface area contributed by atoms with Crippen molar-refractivity contribution in [2.45, 2.75) is 6.92 Å². The molecule has 0 unspecified atom stereocenters. The lowest BCUT2D eigenvalue weighted by Crippen LogP contribution is -2.41. The number of aromatic nitrogens is 1. The minimum Gasteiger partial charge on any atom is -0.460 e. The first kappa shape index (κ1) is 18.7. The van der Waals surface area contributed by atoms with Crippen LogP contribution in [0.5, 0.6) is 0 Å². The number of benzene rings is 2. The van der Waals surface area contributed by atoms with Gasteiger partial charge in [-0.3, -0.25) is 20.4 Å². The summed E-state index contributed by atoms with van der Waals surface area (Å²) in [5, 5.41) is 1.09. The Morgan fingerprint density at radius 3 is 2.48 bits per heavy atom. The van der Waals surface area contributed by atoms with Gasteiger partial charge in [0.1, 0.15) is 11.5 Å². The minimum atomic E-state index is -0.471. The fourth-order valence-corrected chi connectivity index (χ4v) is 3.13. The van der Waals surface area contributed by atoms with Crippen LogP contribution in [-0.2, 0) is 0 Å². The molecule has 0 atom stereocenters. The number of carbonyl (C=O) groups is 2. The Hall–Kier alpha value is -3.64. The number of nitrogens with one attached hydrogen (secondary N) is 2. The molecule has 0 fully saturated rings. The smallest absolute Gasteiger partial charge is 0.270 e. The molecule has 0 spiro atoms. The van der Waals surface area contributed by atoms with Crippen LogP contribution in [0.25, 0.3) is 22.4 Å². The Balaban J connectivity index is 1.63. The number of hydrogen-bond acceptors (Lipinski definition) is 4. The third kappa shape index (κ3) is 3.97. The molecule has 6 nitrogen and oxygen atoms in total. The monoisotopic (exact) mass is 405 g/mol. The summed E-state index contributed by atoms with van der Waals surface area (Å²) in [6.45, 7) is 1.84. The van der Waals surface area contributed by atoms with E-state index in [9.17, 15) is 9.59 Å². The molecule has 7 heteroatoms. The summed E-state index contributed by atoms with van der Waals surface area (Å²) >= 11 is 5.91. The Bertz CT molecular complexity index is 1230. The number of carbonyl (C=O) groups excluding carboxylic acids is 2. The van der Waals surface area contributed by atoms with Crippen molar-refractivity contribution in [2.75, 3.05) is 0 Å². The normalized spacial score (nSPS) is 10.7. The van der Waals surface area contributed by atoms with Crippen molar-refractivity contribution >= 4 is 34.3 Å². The molecule has 0 saturated heterocycles. The van der Waals surface area contributed by atoms with E-state index < -0.39 is 11.8 Å². The summed E-state index contributed by atoms with van der Waals surface area (Å²) < 4.78 is 5.64. The van der Waals surface area contributed by atoms with Crippen LogP contribution in [0, 0.1) is 6.92 Å². The lowest BCUT2D eigenvalue weighted by atomic mass is 10.1. The zero-order valence-corrected chi connectivity index (χ0v) is 16.2. The van der Waals surface area contributed by atoms with E-state index in [0.29, 0.717) is 38.5 Å². The predicted octanol–water partition coefficient (Wildman–Crippen LogP) is 4.53. The van der Waals surface area contributed by atoms with Gasteiger partial charge in [0, 0.05) is 16.0 Å². The number of aryl methyl sites for hydroxylation is 1. The average molecular weight is 406 g/mol. The van der Waals surface area contributed by atoms with E-state index in [1.165, 1.54) is 6.07 Å². The van der Waals surface area contributed by atoms with Gasteiger partial charge in [-0.05, 0) is 49.4 Å². The molecule has 0 radical (unpaired) electrons. The molecule has 0 aliphatic heterocycles. The van der Waals surface area contributed by atoms with Gasteiger partial charge in [0.2, 0.25) is 0 Å². The Kier molecular flexibility index (Phi) is 5.01. The van der Waals surface area contributed by atoms with Gasteiger partial charge in [-0.15, -0.1) is 0 Å². The van der Waals surface area contributed by atoms with Crippen molar-refractivity contribution < 1.29 is 14.0 Å². The van der Waals surface area contributed by atoms with Crippen molar-refractivity contribution in [3.63, 3.8) is 0 Å². The summed E-state index contributed by atoms with van der Waals surface area (Å²) in [4.78, 5) is 29.7. The van der Waals surface area contributed by atoms with Crippen molar-refractivity contribution in [3.8, 4) is 11.5 Å². The SMILES string of the molecule is Cc1ccc(-c2cc(C(=O)NNC(=O)c3cccc(Cl)c3)c3ccccc3n2)o1. The highest BCUT2D eigenvalue weighted by Crippen LogP contribution is 2.26. The van der Waals surface area contributed by atoms with Crippen LogP contribution in [0.2, 0.25) is 5.02 Å². The number of fused-ring (bicyclic) bond motifs is 1. The van der Waals surface area contributed by atoms with E-state index in [-0.39, 0.29) is 0 Å².